The van der Waals surface area contributed by atoms with Crippen LogP contribution in [-0.2, 0) is 12.0 Å². The van der Waals surface area contributed by atoms with Crippen molar-refractivity contribution in [3.05, 3.63) is 114 Å². The Morgan fingerprint density at radius 3 is 2.35 bits per heavy atom. The molecule has 6 nitrogen and oxygen atoms in total. The van der Waals surface area contributed by atoms with E-state index in [1.54, 1.807) is 0 Å². The molecule has 4 heterocycles. The van der Waals surface area contributed by atoms with Crippen molar-refractivity contribution in [1.29, 1.82) is 0 Å². The fraction of sp³-hybridized carbons (Fsp3) is 0.226. The van der Waals surface area contributed by atoms with Crippen molar-refractivity contribution in [3.63, 3.8) is 0 Å². The predicted molar refractivity (Wildman–Crippen MR) is 145 cm³/mol. The lowest BCUT2D eigenvalue weighted by molar-refractivity contribution is 0.0603. The number of amides is 1. The Kier molecular flexibility index (Phi) is 5.22. The minimum atomic E-state index is -0.246. The van der Waals surface area contributed by atoms with Crippen LogP contribution in [0.3, 0.4) is 0 Å². The van der Waals surface area contributed by atoms with Crippen LogP contribution in [0.2, 0.25) is 0 Å². The zero-order valence-electron chi connectivity index (χ0n) is 20.6. The Balaban J connectivity index is 1.23. The van der Waals surface area contributed by atoms with Gasteiger partial charge in [-0.3, -0.25) is 10.1 Å². The summed E-state index contributed by atoms with van der Waals surface area (Å²) in [5.74, 6) is 1.06. The smallest absolute Gasteiger partial charge is 0.253 e. The standard InChI is InChI=1S/C31H29N5O/c37-30(22-11-5-2-6-12-22)36-17-15-31(16-18-36)28-24(23-13-7-8-14-25(23)33-28)19-26(35-31)29-32-20-27(34-29)21-9-3-1-4-10-21/h1-14,20,26,33,35H,15-19H2,(H,32,34)/t26-/m1/s1. The number of hydrogen-bond acceptors (Lipinski definition) is 3. The Morgan fingerprint density at radius 1 is 0.865 bits per heavy atom. The highest BCUT2D eigenvalue weighted by Gasteiger charge is 2.45. The minimum absolute atomic E-state index is 0.0561. The topological polar surface area (TPSA) is 76.8 Å². The first-order valence-electron chi connectivity index (χ1n) is 13.0. The van der Waals surface area contributed by atoms with Crippen LogP contribution in [0.1, 0.15) is 46.3 Å². The summed E-state index contributed by atoms with van der Waals surface area (Å²) in [5, 5.41) is 5.28. The highest BCUT2D eigenvalue weighted by molar-refractivity contribution is 5.94. The maximum Gasteiger partial charge on any atom is 0.253 e. The Bertz CT molecular complexity index is 1560. The van der Waals surface area contributed by atoms with Gasteiger partial charge in [-0.15, -0.1) is 0 Å². The summed E-state index contributed by atoms with van der Waals surface area (Å²) >= 11 is 0. The molecule has 7 rings (SSSR count). The number of carbonyl (C=O) groups is 1. The van der Waals surface area contributed by atoms with Crippen LogP contribution >= 0.6 is 0 Å². The number of H-pyrrole nitrogens is 2. The summed E-state index contributed by atoms with van der Waals surface area (Å²) in [5.41, 5.74) is 6.47. The maximum absolute atomic E-state index is 13.2. The van der Waals surface area contributed by atoms with Crippen LogP contribution in [-0.4, -0.2) is 38.8 Å². The van der Waals surface area contributed by atoms with E-state index < -0.39 is 0 Å². The predicted octanol–water partition coefficient (Wildman–Crippen LogP) is 5.58. The molecule has 37 heavy (non-hydrogen) atoms. The molecule has 2 aliphatic rings. The Labute approximate surface area is 215 Å². The molecule has 0 saturated carbocycles. The minimum Gasteiger partial charge on any atom is -0.357 e. The molecule has 0 aliphatic carbocycles. The van der Waals surface area contributed by atoms with Crippen LogP contribution in [0.5, 0.6) is 0 Å². The van der Waals surface area contributed by atoms with Gasteiger partial charge in [0.1, 0.15) is 5.82 Å². The number of aromatic nitrogens is 3. The second-order valence-electron chi connectivity index (χ2n) is 10.2. The van der Waals surface area contributed by atoms with Crippen LogP contribution in [0.4, 0.5) is 0 Å². The fourth-order valence-corrected chi connectivity index (χ4v) is 6.17. The van der Waals surface area contributed by atoms with Gasteiger partial charge in [0.15, 0.2) is 0 Å². The van der Waals surface area contributed by atoms with Gasteiger partial charge in [0.05, 0.1) is 23.5 Å². The van der Waals surface area contributed by atoms with Gasteiger partial charge in [0.2, 0.25) is 0 Å². The number of fused-ring (bicyclic) bond motifs is 4. The molecule has 0 bridgehead atoms. The zero-order chi connectivity index (χ0) is 24.8. The van der Waals surface area contributed by atoms with Gasteiger partial charge < -0.3 is 14.9 Å². The van der Waals surface area contributed by atoms with Gasteiger partial charge in [-0.05, 0) is 48.6 Å². The third kappa shape index (κ3) is 3.76. The number of piperidine rings is 1. The molecule has 1 atom stereocenters. The average molecular weight is 488 g/mol. The molecular weight excluding hydrogens is 458 g/mol. The first-order valence-corrected chi connectivity index (χ1v) is 13.0. The normalized spacial score (nSPS) is 18.7. The largest absolute Gasteiger partial charge is 0.357 e. The van der Waals surface area contributed by atoms with E-state index in [4.69, 9.17) is 4.98 Å². The van der Waals surface area contributed by atoms with Gasteiger partial charge in [0, 0.05) is 35.2 Å². The molecule has 3 N–H and O–H groups in total. The van der Waals surface area contributed by atoms with E-state index in [0.29, 0.717) is 13.1 Å². The molecule has 1 spiro atoms. The van der Waals surface area contributed by atoms with Gasteiger partial charge >= 0.3 is 0 Å². The summed E-state index contributed by atoms with van der Waals surface area (Å²) in [7, 11) is 0. The van der Waals surface area contributed by atoms with Gasteiger partial charge in [-0.25, -0.2) is 4.98 Å². The average Bonchev–Trinajstić information content (AvgIpc) is 3.60. The quantitative estimate of drug-likeness (QED) is 0.311. The van der Waals surface area contributed by atoms with Gasteiger partial charge in [-0.1, -0.05) is 66.7 Å². The molecule has 5 aromatic rings. The number of likely N-dealkylation sites (tertiary alicyclic amines) is 1. The number of para-hydroxylation sites is 1. The Hall–Kier alpha value is -4.16. The number of aromatic amines is 2. The number of rotatable bonds is 3. The van der Waals surface area contributed by atoms with Crippen LogP contribution in [0, 0.1) is 0 Å². The molecule has 1 saturated heterocycles. The number of carbonyl (C=O) groups excluding carboxylic acids is 1. The van der Waals surface area contributed by atoms with E-state index >= 15 is 0 Å². The third-order valence-electron chi connectivity index (χ3n) is 8.09. The van der Waals surface area contributed by atoms with E-state index in [1.807, 2.05) is 59.6 Å². The number of imidazole rings is 1. The molecule has 6 heteroatoms. The highest BCUT2D eigenvalue weighted by Crippen LogP contribution is 2.44. The first-order chi connectivity index (χ1) is 18.2. The van der Waals surface area contributed by atoms with Gasteiger partial charge in [-0.2, -0.15) is 0 Å². The van der Waals surface area contributed by atoms with Crippen molar-refractivity contribution in [2.24, 2.45) is 0 Å². The lowest BCUT2D eigenvalue weighted by Gasteiger charge is -2.47. The highest BCUT2D eigenvalue weighted by atomic mass is 16.2. The molecule has 0 radical (unpaired) electrons. The molecule has 3 aromatic carbocycles. The van der Waals surface area contributed by atoms with Crippen LogP contribution < -0.4 is 5.32 Å². The van der Waals surface area contributed by atoms with Crippen LogP contribution in [0.15, 0.2) is 91.1 Å². The lowest BCUT2D eigenvalue weighted by atomic mass is 9.77. The van der Waals surface area contributed by atoms with Crippen molar-refractivity contribution < 1.29 is 4.79 Å². The van der Waals surface area contributed by atoms with Crippen molar-refractivity contribution in [1.82, 2.24) is 25.2 Å². The lowest BCUT2D eigenvalue weighted by Crippen LogP contribution is -2.56. The zero-order valence-corrected chi connectivity index (χ0v) is 20.6. The van der Waals surface area contributed by atoms with E-state index in [0.717, 1.165) is 41.9 Å². The number of hydrogen-bond donors (Lipinski definition) is 3. The Morgan fingerprint density at radius 2 is 1.57 bits per heavy atom. The number of nitrogens with one attached hydrogen (secondary N) is 3. The number of benzene rings is 3. The molecule has 1 amide bonds. The third-order valence-corrected chi connectivity index (χ3v) is 8.09. The van der Waals surface area contributed by atoms with Crippen molar-refractivity contribution >= 4 is 16.8 Å². The van der Waals surface area contributed by atoms with E-state index in [2.05, 4.69) is 51.7 Å². The van der Waals surface area contributed by atoms with E-state index in [-0.39, 0.29) is 17.5 Å². The molecular formula is C31H29N5O. The summed E-state index contributed by atoms with van der Waals surface area (Å²) in [6.45, 7) is 1.41. The molecule has 2 aromatic heterocycles. The molecule has 0 unspecified atom stereocenters. The van der Waals surface area contributed by atoms with E-state index in [9.17, 15) is 4.79 Å². The first kappa shape index (κ1) is 22.1. The SMILES string of the molecule is O=C(c1ccccc1)N1CCC2(CC1)N[C@@H](c1ncc(-c3ccccc3)[nH]1)Cc1c2[nH]c2ccccc12. The second kappa shape index (κ2) is 8.75. The summed E-state index contributed by atoms with van der Waals surface area (Å²) in [6, 6.07) is 28.6. The van der Waals surface area contributed by atoms with E-state index in [1.165, 1.54) is 22.2 Å². The van der Waals surface area contributed by atoms with Gasteiger partial charge in [0.25, 0.3) is 5.91 Å². The second-order valence-corrected chi connectivity index (χ2v) is 10.2. The van der Waals surface area contributed by atoms with Crippen LogP contribution in [0.25, 0.3) is 22.2 Å². The molecule has 2 aliphatic heterocycles. The van der Waals surface area contributed by atoms with Crippen molar-refractivity contribution in [2.75, 3.05) is 13.1 Å². The number of nitrogens with zero attached hydrogens (tertiary/aromatic N) is 2. The summed E-state index contributed by atoms with van der Waals surface area (Å²) in [6.07, 6.45) is 4.47. The van der Waals surface area contributed by atoms with Crippen molar-refractivity contribution in [2.45, 2.75) is 30.8 Å². The molecule has 1 fully saturated rings. The monoisotopic (exact) mass is 487 g/mol. The fourth-order valence-electron chi connectivity index (χ4n) is 6.17. The summed E-state index contributed by atoms with van der Waals surface area (Å²) < 4.78 is 0. The molecule has 184 valence electrons. The maximum atomic E-state index is 13.2. The van der Waals surface area contributed by atoms with Crippen molar-refractivity contribution in [3.8, 4) is 11.3 Å². The summed E-state index contributed by atoms with van der Waals surface area (Å²) in [4.78, 5) is 27.3.